The summed E-state index contributed by atoms with van der Waals surface area (Å²) in [6.45, 7) is 5.20. The van der Waals surface area contributed by atoms with Gasteiger partial charge >= 0.3 is 0 Å². The van der Waals surface area contributed by atoms with E-state index in [0.717, 1.165) is 32.5 Å². The number of aromatic nitrogens is 1. The predicted octanol–water partition coefficient (Wildman–Crippen LogP) is 1.00. The van der Waals surface area contributed by atoms with E-state index in [2.05, 4.69) is 22.1 Å². The molecular weight excluding hydrogens is 230 g/mol. The van der Waals surface area contributed by atoms with Crippen LogP contribution in [0.25, 0.3) is 0 Å². The lowest BCUT2D eigenvalue weighted by Gasteiger charge is -2.15. The molecule has 0 bridgehead atoms. The predicted molar refractivity (Wildman–Crippen MR) is 68.5 cm³/mol. The van der Waals surface area contributed by atoms with Gasteiger partial charge in [-0.05, 0) is 31.5 Å². The van der Waals surface area contributed by atoms with Crippen molar-refractivity contribution in [1.82, 2.24) is 15.2 Å². The molecule has 1 amide bonds. The number of pyridine rings is 1. The number of aromatic hydroxyl groups is 1. The Morgan fingerprint density at radius 1 is 1.61 bits per heavy atom. The third-order valence-corrected chi connectivity index (χ3v) is 3.13. The molecule has 0 aliphatic carbocycles. The van der Waals surface area contributed by atoms with Crippen LogP contribution in [0.4, 0.5) is 0 Å². The van der Waals surface area contributed by atoms with Crippen LogP contribution >= 0.6 is 0 Å². The second-order valence-electron chi connectivity index (χ2n) is 4.66. The summed E-state index contributed by atoms with van der Waals surface area (Å²) in [7, 11) is 0. The largest absolute Gasteiger partial charge is 0.506 e. The average molecular weight is 249 g/mol. The Bertz CT molecular complexity index is 405. The normalized spacial score (nSPS) is 19.9. The fourth-order valence-electron chi connectivity index (χ4n) is 2.25. The molecule has 1 atom stereocenters. The summed E-state index contributed by atoms with van der Waals surface area (Å²) < 4.78 is 0. The molecule has 98 valence electrons. The zero-order chi connectivity index (χ0) is 13.0. The van der Waals surface area contributed by atoms with E-state index < -0.39 is 0 Å². The van der Waals surface area contributed by atoms with Gasteiger partial charge in [0.25, 0.3) is 5.91 Å². The van der Waals surface area contributed by atoms with Gasteiger partial charge in [0.15, 0.2) is 0 Å². The number of amides is 1. The number of hydrogen-bond donors (Lipinski definition) is 2. The van der Waals surface area contributed by atoms with Gasteiger partial charge in [-0.2, -0.15) is 0 Å². The van der Waals surface area contributed by atoms with Crippen LogP contribution in [0.15, 0.2) is 18.3 Å². The lowest BCUT2D eigenvalue weighted by atomic mass is 10.2. The second kappa shape index (κ2) is 5.82. The molecular formula is C13H19N3O2. The Balaban J connectivity index is 1.87. The lowest BCUT2D eigenvalue weighted by molar-refractivity contribution is 0.0932. The van der Waals surface area contributed by atoms with Crippen LogP contribution in [0.5, 0.6) is 5.75 Å². The van der Waals surface area contributed by atoms with E-state index >= 15 is 0 Å². The van der Waals surface area contributed by atoms with E-state index in [1.165, 1.54) is 18.3 Å². The van der Waals surface area contributed by atoms with Crippen molar-refractivity contribution in [2.75, 3.05) is 19.6 Å². The van der Waals surface area contributed by atoms with Gasteiger partial charge in [-0.15, -0.1) is 0 Å². The molecule has 0 aromatic carbocycles. The maximum absolute atomic E-state index is 11.9. The van der Waals surface area contributed by atoms with Gasteiger partial charge in [0.1, 0.15) is 11.4 Å². The van der Waals surface area contributed by atoms with Gasteiger partial charge in [-0.3, -0.25) is 4.79 Å². The summed E-state index contributed by atoms with van der Waals surface area (Å²) in [6.07, 6.45) is 3.41. The molecule has 1 aromatic heterocycles. The summed E-state index contributed by atoms with van der Waals surface area (Å²) in [5, 5.41) is 12.1. The van der Waals surface area contributed by atoms with Gasteiger partial charge < -0.3 is 15.3 Å². The number of likely N-dealkylation sites (tertiary alicyclic amines) is 1. The Hall–Kier alpha value is -1.62. The van der Waals surface area contributed by atoms with Crippen molar-refractivity contribution >= 4 is 5.91 Å². The molecule has 0 spiro atoms. The average Bonchev–Trinajstić information content (AvgIpc) is 2.78. The number of nitrogens with zero attached hydrogens (tertiary/aromatic N) is 2. The van der Waals surface area contributed by atoms with Crippen molar-refractivity contribution in [3.63, 3.8) is 0 Å². The van der Waals surface area contributed by atoms with Crippen LogP contribution in [0.2, 0.25) is 0 Å². The van der Waals surface area contributed by atoms with Crippen molar-refractivity contribution in [3.8, 4) is 5.75 Å². The smallest absolute Gasteiger partial charge is 0.270 e. The molecule has 2 heterocycles. The monoisotopic (exact) mass is 249 g/mol. The Morgan fingerprint density at radius 3 is 3.11 bits per heavy atom. The summed E-state index contributed by atoms with van der Waals surface area (Å²) in [5.74, 6) is -0.0973. The van der Waals surface area contributed by atoms with Crippen LogP contribution in [0.1, 0.15) is 30.3 Å². The fourth-order valence-corrected chi connectivity index (χ4v) is 2.25. The quantitative estimate of drug-likeness (QED) is 0.835. The summed E-state index contributed by atoms with van der Waals surface area (Å²) in [5.41, 5.74) is 0.349. The fraction of sp³-hybridized carbons (Fsp3) is 0.538. The van der Waals surface area contributed by atoms with Crippen LogP contribution in [0, 0.1) is 0 Å². The van der Waals surface area contributed by atoms with Crippen molar-refractivity contribution in [2.45, 2.75) is 25.8 Å². The zero-order valence-corrected chi connectivity index (χ0v) is 10.6. The van der Waals surface area contributed by atoms with Crippen LogP contribution in [-0.2, 0) is 0 Å². The van der Waals surface area contributed by atoms with Crippen LogP contribution in [-0.4, -0.2) is 46.6 Å². The number of carbonyl (C=O) groups excluding carboxylic acids is 1. The van der Waals surface area contributed by atoms with E-state index in [1.54, 1.807) is 0 Å². The van der Waals surface area contributed by atoms with Gasteiger partial charge in [0.05, 0.1) is 6.20 Å². The molecule has 2 N–H and O–H groups in total. The van der Waals surface area contributed by atoms with Crippen LogP contribution < -0.4 is 5.32 Å². The van der Waals surface area contributed by atoms with E-state index in [1.807, 2.05) is 0 Å². The zero-order valence-electron chi connectivity index (χ0n) is 10.6. The highest BCUT2D eigenvalue weighted by molar-refractivity contribution is 5.92. The van der Waals surface area contributed by atoms with E-state index in [4.69, 9.17) is 5.11 Å². The van der Waals surface area contributed by atoms with Gasteiger partial charge in [-0.25, -0.2) is 4.98 Å². The Kier molecular flexibility index (Phi) is 4.15. The molecule has 18 heavy (non-hydrogen) atoms. The van der Waals surface area contributed by atoms with Crippen LogP contribution in [0.3, 0.4) is 0 Å². The Labute approximate surface area is 107 Å². The minimum atomic E-state index is -0.168. The van der Waals surface area contributed by atoms with E-state index in [-0.39, 0.29) is 17.7 Å². The molecule has 1 saturated heterocycles. The molecule has 2 rings (SSSR count). The highest BCUT2D eigenvalue weighted by atomic mass is 16.3. The molecule has 1 aliphatic heterocycles. The summed E-state index contributed by atoms with van der Waals surface area (Å²) in [4.78, 5) is 18.2. The van der Waals surface area contributed by atoms with E-state index in [0.29, 0.717) is 5.69 Å². The maximum Gasteiger partial charge on any atom is 0.270 e. The maximum atomic E-state index is 11.9. The standard InChI is InChI=1S/C13H19N3O2/c1-2-6-16-7-5-10(9-16)15-13(18)12-4-3-11(17)8-14-12/h3-4,8,10,17H,2,5-7,9H2,1H3,(H,15,18)/t10-/m0/s1. The number of hydrogen-bond acceptors (Lipinski definition) is 4. The highest BCUT2D eigenvalue weighted by Gasteiger charge is 2.23. The first-order valence-electron chi connectivity index (χ1n) is 6.37. The molecule has 1 aromatic rings. The van der Waals surface area contributed by atoms with Crippen molar-refractivity contribution in [3.05, 3.63) is 24.0 Å². The van der Waals surface area contributed by atoms with Gasteiger partial charge in [0, 0.05) is 19.1 Å². The molecule has 0 radical (unpaired) electrons. The second-order valence-corrected chi connectivity index (χ2v) is 4.66. The Morgan fingerprint density at radius 2 is 2.44 bits per heavy atom. The first-order valence-corrected chi connectivity index (χ1v) is 6.37. The number of carbonyl (C=O) groups is 1. The minimum absolute atomic E-state index is 0.0709. The molecule has 5 nitrogen and oxygen atoms in total. The molecule has 1 fully saturated rings. The summed E-state index contributed by atoms with van der Waals surface area (Å²) in [6, 6.07) is 3.21. The SMILES string of the molecule is CCCN1CC[C@H](NC(=O)c2ccc(O)cn2)C1. The van der Waals surface area contributed by atoms with E-state index in [9.17, 15) is 4.79 Å². The van der Waals surface area contributed by atoms with Crippen molar-refractivity contribution < 1.29 is 9.90 Å². The first-order chi connectivity index (χ1) is 8.69. The van der Waals surface area contributed by atoms with Crippen molar-refractivity contribution in [2.24, 2.45) is 0 Å². The minimum Gasteiger partial charge on any atom is -0.506 e. The highest BCUT2D eigenvalue weighted by Crippen LogP contribution is 2.11. The molecule has 0 unspecified atom stereocenters. The topological polar surface area (TPSA) is 65.5 Å². The number of nitrogens with one attached hydrogen (secondary N) is 1. The molecule has 5 heteroatoms. The third-order valence-electron chi connectivity index (χ3n) is 3.13. The third kappa shape index (κ3) is 3.20. The number of rotatable bonds is 4. The van der Waals surface area contributed by atoms with Crippen molar-refractivity contribution in [1.29, 1.82) is 0 Å². The molecule has 1 aliphatic rings. The molecule has 0 saturated carbocycles. The van der Waals surface area contributed by atoms with Gasteiger partial charge in [0.2, 0.25) is 0 Å². The summed E-state index contributed by atoms with van der Waals surface area (Å²) >= 11 is 0. The van der Waals surface area contributed by atoms with Gasteiger partial charge in [-0.1, -0.05) is 6.92 Å². The lowest BCUT2D eigenvalue weighted by Crippen LogP contribution is -2.37. The first kappa shape index (κ1) is 12.8.